The number of aliphatic hydroxyl groups is 1. The number of nitrogens with zero attached hydrogens (tertiary/aromatic N) is 3. The van der Waals surface area contributed by atoms with Crippen molar-refractivity contribution in [3.63, 3.8) is 0 Å². The molecule has 150 valence electrons. The predicted molar refractivity (Wildman–Crippen MR) is 106 cm³/mol. The average molecular weight is 392 g/mol. The molecule has 0 radical (unpaired) electrons. The quantitative estimate of drug-likeness (QED) is 0.670. The summed E-state index contributed by atoms with van der Waals surface area (Å²) in [5.74, 6) is 0.908. The first-order chi connectivity index (χ1) is 14.2. The van der Waals surface area contributed by atoms with Gasteiger partial charge in [-0.2, -0.15) is 5.10 Å². The standard InChI is InChI=1S/C22H24N4O3/c27-13-14-11-23-26(12-14)18-9-17(10-18)24-22(28)20-19(15-7-4-8-15)21(29-25-20)16-5-2-1-3-6-16/h1-3,5-6,11-12,15,17-18,27H,4,7-10,13H2,(H,24,28)/t17-,18+. The molecule has 0 atom stereocenters. The van der Waals surface area contributed by atoms with E-state index in [1.54, 1.807) is 6.20 Å². The third-order valence-corrected chi connectivity index (χ3v) is 6.15. The highest BCUT2D eigenvalue weighted by Crippen LogP contribution is 2.43. The van der Waals surface area contributed by atoms with E-state index in [-0.39, 0.29) is 24.6 Å². The lowest BCUT2D eigenvalue weighted by Crippen LogP contribution is -2.45. The maximum absolute atomic E-state index is 13.0. The van der Waals surface area contributed by atoms with Gasteiger partial charge in [0, 0.05) is 28.9 Å². The molecule has 2 aliphatic carbocycles. The van der Waals surface area contributed by atoms with E-state index in [0.29, 0.717) is 11.6 Å². The minimum absolute atomic E-state index is 0.00721. The van der Waals surface area contributed by atoms with E-state index in [9.17, 15) is 9.90 Å². The van der Waals surface area contributed by atoms with E-state index in [0.717, 1.165) is 48.1 Å². The van der Waals surface area contributed by atoms with Gasteiger partial charge in [-0.05, 0) is 31.6 Å². The van der Waals surface area contributed by atoms with Crippen molar-refractivity contribution in [3.8, 4) is 11.3 Å². The fourth-order valence-electron chi connectivity index (χ4n) is 4.17. The van der Waals surface area contributed by atoms with Crippen LogP contribution in [0.5, 0.6) is 0 Å². The fourth-order valence-corrected chi connectivity index (χ4v) is 4.17. The maximum atomic E-state index is 13.0. The third kappa shape index (κ3) is 3.35. The first kappa shape index (κ1) is 18.1. The van der Waals surface area contributed by atoms with Crippen molar-refractivity contribution in [3.05, 3.63) is 59.5 Å². The van der Waals surface area contributed by atoms with Gasteiger partial charge in [-0.25, -0.2) is 0 Å². The van der Waals surface area contributed by atoms with Gasteiger partial charge >= 0.3 is 0 Å². The summed E-state index contributed by atoms with van der Waals surface area (Å²) >= 11 is 0. The van der Waals surface area contributed by atoms with Crippen LogP contribution in [0, 0.1) is 0 Å². The van der Waals surface area contributed by atoms with Gasteiger partial charge in [0.25, 0.3) is 5.91 Å². The van der Waals surface area contributed by atoms with Gasteiger partial charge < -0.3 is 14.9 Å². The molecule has 3 aromatic rings. The van der Waals surface area contributed by atoms with Gasteiger partial charge in [0.05, 0.1) is 18.8 Å². The van der Waals surface area contributed by atoms with Gasteiger partial charge in [0.1, 0.15) is 0 Å². The second-order valence-corrected chi connectivity index (χ2v) is 8.05. The van der Waals surface area contributed by atoms with Crippen molar-refractivity contribution in [2.75, 3.05) is 0 Å². The third-order valence-electron chi connectivity index (χ3n) is 6.15. The molecule has 2 aliphatic rings. The van der Waals surface area contributed by atoms with Crippen LogP contribution in [0.15, 0.2) is 47.2 Å². The summed E-state index contributed by atoms with van der Waals surface area (Å²) in [6, 6.07) is 10.2. The van der Waals surface area contributed by atoms with Crippen LogP contribution in [0.25, 0.3) is 11.3 Å². The molecule has 0 aliphatic heterocycles. The Morgan fingerprint density at radius 2 is 2.03 bits per heavy atom. The topological polar surface area (TPSA) is 93.2 Å². The summed E-state index contributed by atoms with van der Waals surface area (Å²) in [6.45, 7) is -0.00721. The summed E-state index contributed by atoms with van der Waals surface area (Å²) < 4.78 is 7.52. The van der Waals surface area contributed by atoms with E-state index in [1.807, 2.05) is 41.2 Å². The molecule has 2 fully saturated rings. The van der Waals surface area contributed by atoms with Crippen molar-refractivity contribution in [2.24, 2.45) is 0 Å². The smallest absolute Gasteiger partial charge is 0.274 e. The van der Waals surface area contributed by atoms with Crippen molar-refractivity contribution in [1.29, 1.82) is 0 Å². The van der Waals surface area contributed by atoms with Crippen LogP contribution in [0.2, 0.25) is 0 Å². The molecular weight excluding hydrogens is 368 g/mol. The number of rotatable bonds is 6. The van der Waals surface area contributed by atoms with Crippen molar-refractivity contribution < 1.29 is 14.4 Å². The summed E-state index contributed by atoms with van der Waals surface area (Å²) in [6.07, 6.45) is 8.49. The highest BCUT2D eigenvalue weighted by molar-refractivity contribution is 5.95. The molecule has 0 saturated heterocycles. The molecule has 29 heavy (non-hydrogen) atoms. The minimum atomic E-state index is -0.155. The van der Waals surface area contributed by atoms with Gasteiger partial charge in [-0.15, -0.1) is 0 Å². The molecule has 2 N–H and O–H groups in total. The zero-order valence-corrected chi connectivity index (χ0v) is 16.1. The van der Waals surface area contributed by atoms with Crippen LogP contribution in [-0.4, -0.2) is 32.0 Å². The van der Waals surface area contributed by atoms with Crippen LogP contribution in [-0.2, 0) is 6.61 Å². The number of carbonyl (C=O) groups is 1. The summed E-state index contributed by atoms with van der Waals surface area (Å²) in [5.41, 5.74) is 3.15. The molecule has 1 amide bonds. The van der Waals surface area contributed by atoms with Gasteiger partial charge in [0.2, 0.25) is 0 Å². The molecule has 0 spiro atoms. The monoisotopic (exact) mass is 392 g/mol. The second kappa shape index (κ2) is 7.48. The molecular formula is C22H24N4O3. The van der Waals surface area contributed by atoms with Crippen LogP contribution in [0.4, 0.5) is 0 Å². The van der Waals surface area contributed by atoms with Gasteiger partial charge in [-0.3, -0.25) is 9.48 Å². The van der Waals surface area contributed by atoms with E-state index in [4.69, 9.17) is 4.52 Å². The summed E-state index contributed by atoms with van der Waals surface area (Å²) in [5, 5.41) is 20.7. The lowest BCUT2D eigenvalue weighted by Gasteiger charge is -2.35. The summed E-state index contributed by atoms with van der Waals surface area (Å²) in [4.78, 5) is 13.0. The molecule has 2 saturated carbocycles. The molecule has 1 aromatic carbocycles. The Balaban J connectivity index is 1.30. The number of aliphatic hydroxyl groups excluding tert-OH is 1. The zero-order chi connectivity index (χ0) is 19.8. The second-order valence-electron chi connectivity index (χ2n) is 8.05. The number of hydrogen-bond donors (Lipinski definition) is 2. The number of hydrogen-bond acceptors (Lipinski definition) is 5. The molecule has 7 nitrogen and oxygen atoms in total. The first-order valence-electron chi connectivity index (χ1n) is 10.2. The normalized spacial score (nSPS) is 21.4. The van der Waals surface area contributed by atoms with E-state index >= 15 is 0 Å². The van der Waals surface area contributed by atoms with Crippen LogP contribution in [0.3, 0.4) is 0 Å². The minimum Gasteiger partial charge on any atom is -0.392 e. The van der Waals surface area contributed by atoms with Crippen LogP contribution in [0.1, 0.15) is 65.7 Å². The van der Waals surface area contributed by atoms with E-state index in [2.05, 4.69) is 15.6 Å². The lowest BCUT2D eigenvalue weighted by molar-refractivity contribution is 0.0877. The van der Waals surface area contributed by atoms with Crippen LogP contribution >= 0.6 is 0 Å². The Bertz CT molecular complexity index is 1000. The Kier molecular flexibility index (Phi) is 4.67. The first-order valence-corrected chi connectivity index (χ1v) is 10.2. The van der Waals surface area contributed by atoms with Crippen molar-refractivity contribution >= 4 is 5.91 Å². The SMILES string of the molecule is O=C(N[C@H]1C[C@@H](n2cc(CO)cn2)C1)c1noc(-c2ccccc2)c1C1CCC1. The van der Waals surface area contributed by atoms with Gasteiger partial charge in [0.15, 0.2) is 11.5 Å². The Labute approximate surface area is 168 Å². The molecule has 2 aromatic heterocycles. The van der Waals surface area contributed by atoms with Gasteiger partial charge in [-0.1, -0.05) is 41.9 Å². The Hall–Kier alpha value is -2.93. The molecule has 2 heterocycles. The highest BCUT2D eigenvalue weighted by atomic mass is 16.5. The average Bonchev–Trinajstić information content (AvgIpc) is 3.31. The van der Waals surface area contributed by atoms with Crippen LogP contribution < -0.4 is 5.32 Å². The number of carbonyl (C=O) groups excluding carboxylic acids is 1. The van der Waals surface area contributed by atoms with E-state index < -0.39 is 0 Å². The summed E-state index contributed by atoms with van der Waals surface area (Å²) in [7, 11) is 0. The molecule has 5 rings (SSSR count). The molecule has 7 heteroatoms. The largest absolute Gasteiger partial charge is 0.392 e. The highest BCUT2D eigenvalue weighted by Gasteiger charge is 2.36. The lowest BCUT2D eigenvalue weighted by atomic mass is 9.78. The predicted octanol–water partition coefficient (Wildman–Crippen LogP) is 3.43. The number of aromatic nitrogens is 3. The van der Waals surface area contributed by atoms with Crippen molar-refractivity contribution in [1.82, 2.24) is 20.3 Å². The number of benzene rings is 1. The zero-order valence-electron chi connectivity index (χ0n) is 16.1. The Morgan fingerprint density at radius 1 is 1.24 bits per heavy atom. The fraction of sp³-hybridized carbons (Fsp3) is 0.409. The molecule has 0 unspecified atom stereocenters. The Morgan fingerprint density at radius 3 is 2.69 bits per heavy atom. The molecule has 0 bridgehead atoms. The van der Waals surface area contributed by atoms with Crippen molar-refractivity contribution in [2.45, 2.75) is 56.7 Å². The van der Waals surface area contributed by atoms with E-state index in [1.165, 1.54) is 6.42 Å². The number of amides is 1. The number of nitrogens with one attached hydrogen (secondary N) is 1. The maximum Gasteiger partial charge on any atom is 0.274 e.